The molecule has 0 spiro atoms. The van der Waals surface area contributed by atoms with Crippen molar-refractivity contribution in [3.63, 3.8) is 0 Å². The highest BCUT2D eigenvalue weighted by Gasteiger charge is 2.14. The molecule has 194 valence electrons. The molecule has 1 saturated heterocycles. The summed E-state index contributed by atoms with van der Waals surface area (Å²) in [4.78, 5) is 26.9. The lowest BCUT2D eigenvalue weighted by atomic mass is 10.2. The van der Waals surface area contributed by atoms with E-state index in [0.29, 0.717) is 43.6 Å². The lowest BCUT2D eigenvalue weighted by Crippen LogP contribution is -2.38. The number of carbonyl (C=O) groups excluding carboxylic acids is 2. The monoisotopic (exact) mass is 499 g/mol. The average Bonchev–Trinajstić information content (AvgIpc) is 2.89. The zero-order valence-corrected chi connectivity index (χ0v) is 20.8. The van der Waals surface area contributed by atoms with Gasteiger partial charge in [-0.1, -0.05) is 19.4 Å². The first kappa shape index (κ1) is 27.2. The second-order valence-corrected chi connectivity index (χ2v) is 8.38. The number of anilines is 2. The van der Waals surface area contributed by atoms with E-state index in [1.54, 1.807) is 25.3 Å². The number of carbonyl (C=O) groups is 2. The number of halogens is 1. The highest BCUT2D eigenvalue weighted by molar-refractivity contribution is 6.02. The first-order valence-electron chi connectivity index (χ1n) is 12.2. The Morgan fingerprint density at radius 3 is 2.67 bits per heavy atom. The first-order valence-corrected chi connectivity index (χ1v) is 12.2. The number of hydrogen-bond donors (Lipinski definition) is 2. The van der Waals surface area contributed by atoms with E-state index in [1.807, 2.05) is 6.07 Å². The van der Waals surface area contributed by atoms with Gasteiger partial charge in [0.15, 0.2) is 11.5 Å². The summed E-state index contributed by atoms with van der Waals surface area (Å²) in [6.07, 6.45) is 5.25. The molecule has 2 amide bonds. The van der Waals surface area contributed by atoms with Gasteiger partial charge in [-0.3, -0.25) is 14.5 Å². The predicted molar refractivity (Wildman–Crippen MR) is 138 cm³/mol. The van der Waals surface area contributed by atoms with Crippen molar-refractivity contribution in [2.45, 2.75) is 26.2 Å². The molecule has 1 fully saturated rings. The Morgan fingerprint density at radius 2 is 1.92 bits per heavy atom. The largest absolute Gasteiger partial charge is 0.493 e. The zero-order chi connectivity index (χ0) is 25.8. The van der Waals surface area contributed by atoms with Crippen LogP contribution in [0, 0.1) is 5.82 Å². The molecule has 1 aliphatic heterocycles. The third kappa shape index (κ3) is 8.66. The number of morpholine rings is 1. The number of methoxy groups -OCH3 is 1. The van der Waals surface area contributed by atoms with Crippen LogP contribution in [0.2, 0.25) is 0 Å². The summed E-state index contributed by atoms with van der Waals surface area (Å²) in [5.41, 5.74) is 1.15. The van der Waals surface area contributed by atoms with Crippen molar-refractivity contribution >= 4 is 29.3 Å². The Morgan fingerprint density at radius 1 is 1.11 bits per heavy atom. The second kappa shape index (κ2) is 14.2. The number of amides is 2. The molecule has 1 aliphatic rings. The molecule has 0 saturated carbocycles. The molecule has 0 unspecified atom stereocenters. The van der Waals surface area contributed by atoms with Crippen LogP contribution in [-0.4, -0.2) is 63.3 Å². The van der Waals surface area contributed by atoms with Crippen molar-refractivity contribution in [3.05, 3.63) is 53.9 Å². The zero-order valence-electron chi connectivity index (χ0n) is 20.8. The van der Waals surface area contributed by atoms with Crippen molar-refractivity contribution < 1.29 is 28.2 Å². The topological polar surface area (TPSA) is 89.1 Å². The van der Waals surface area contributed by atoms with Gasteiger partial charge in [-0.05, 0) is 48.4 Å². The fourth-order valence-corrected chi connectivity index (χ4v) is 3.59. The summed E-state index contributed by atoms with van der Waals surface area (Å²) in [6.45, 7) is 6.14. The van der Waals surface area contributed by atoms with Gasteiger partial charge in [-0.15, -0.1) is 0 Å². The molecule has 0 bridgehead atoms. The summed E-state index contributed by atoms with van der Waals surface area (Å²) >= 11 is 0. The Hall–Kier alpha value is -3.43. The average molecular weight is 500 g/mol. The lowest BCUT2D eigenvalue weighted by molar-refractivity contribution is -0.116. The maximum absolute atomic E-state index is 14.2. The standard InChI is InChI=1S/C27H34FN3O5/c1-3-4-15-36-24-9-5-20(18-25(24)34-2)6-10-26(32)29-21-7-8-22(28)23(19-21)30-27(33)11-12-31-13-16-35-17-14-31/h5-10,18-19H,3-4,11-17H2,1-2H3,(H,29,32)(H,30,33)/b10-6+. The smallest absolute Gasteiger partial charge is 0.248 e. The van der Waals surface area contributed by atoms with Crippen LogP contribution in [0.5, 0.6) is 11.5 Å². The maximum atomic E-state index is 14.2. The molecule has 2 aromatic rings. The maximum Gasteiger partial charge on any atom is 0.248 e. The normalized spacial score (nSPS) is 14.0. The van der Waals surface area contributed by atoms with Crippen LogP contribution in [-0.2, 0) is 14.3 Å². The predicted octanol–water partition coefficient (Wildman–Crippen LogP) is 4.33. The number of benzene rings is 2. The fourth-order valence-electron chi connectivity index (χ4n) is 3.59. The van der Waals surface area contributed by atoms with Crippen LogP contribution in [0.15, 0.2) is 42.5 Å². The summed E-state index contributed by atoms with van der Waals surface area (Å²) in [5, 5.41) is 5.28. The van der Waals surface area contributed by atoms with Crippen LogP contribution in [0.4, 0.5) is 15.8 Å². The SMILES string of the molecule is CCCCOc1ccc(/C=C/C(=O)Nc2ccc(F)c(NC(=O)CCN3CCOCC3)c2)cc1OC. The highest BCUT2D eigenvalue weighted by Crippen LogP contribution is 2.29. The van der Waals surface area contributed by atoms with Gasteiger partial charge in [0, 0.05) is 37.8 Å². The number of nitrogens with one attached hydrogen (secondary N) is 2. The summed E-state index contributed by atoms with van der Waals surface area (Å²) in [5.74, 6) is -0.0236. The molecule has 2 aromatic carbocycles. The van der Waals surface area contributed by atoms with Gasteiger partial charge >= 0.3 is 0 Å². The van der Waals surface area contributed by atoms with E-state index in [-0.39, 0.29) is 18.0 Å². The van der Waals surface area contributed by atoms with Gasteiger partial charge in [-0.2, -0.15) is 0 Å². The van der Waals surface area contributed by atoms with Gasteiger partial charge in [0.05, 0.1) is 32.6 Å². The van der Waals surface area contributed by atoms with Gasteiger partial charge in [0.25, 0.3) is 0 Å². The summed E-state index contributed by atoms with van der Waals surface area (Å²) in [6, 6.07) is 9.47. The highest BCUT2D eigenvalue weighted by atomic mass is 19.1. The van der Waals surface area contributed by atoms with E-state index >= 15 is 0 Å². The molecule has 0 aromatic heterocycles. The van der Waals surface area contributed by atoms with Crippen molar-refractivity contribution in [2.24, 2.45) is 0 Å². The summed E-state index contributed by atoms with van der Waals surface area (Å²) in [7, 11) is 1.57. The molecule has 3 rings (SSSR count). The Labute approximate surface area is 211 Å². The molecular weight excluding hydrogens is 465 g/mol. The minimum absolute atomic E-state index is 0.0205. The third-order valence-corrected chi connectivity index (χ3v) is 5.64. The molecule has 0 atom stereocenters. The summed E-state index contributed by atoms with van der Waals surface area (Å²) < 4.78 is 30.7. The van der Waals surface area contributed by atoms with Gasteiger partial charge < -0.3 is 24.8 Å². The van der Waals surface area contributed by atoms with E-state index in [2.05, 4.69) is 22.5 Å². The number of ether oxygens (including phenoxy) is 3. The molecule has 8 nitrogen and oxygen atoms in total. The Kier molecular flexibility index (Phi) is 10.7. The Balaban J connectivity index is 1.54. The molecule has 36 heavy (non-hydrogen) atoms. The molecule has 2 N–H and O–H groups in total. The number of rotatable bonds is 12. The van der Waals surface area contributed by atoms with Crippen LogP contribution >= 0.6 is 0 Å². The minimum Gasteiger partial charge on any atom is -0.493 e. The first-order chi connectivity index (χ1) is 17.5. The number of hydrogen-bond acceptors (Lipinski definition) is 6. The number of unbranched alkanes of at least 4 members (excludes halogenated alkanes) is 1. The molecular formula is C27H34FN3O5. The van der Waals surface area contributed by atoms with Crippen LogP contribution in [0.25, 0.3) is 6.08 Å². The van der Waals surface area contributed by atoms with Crippen LogP contribution in [0.1, 0.15) is 31.7 Å². The molecule has 0 radical (unpaired) electrons. The van der Waals surface area contributed by atoms with Crippen LogP contribution < -0.4 is 20.1 Å². The Bertz CT molecular complexity index is 1050. The number of nitrogens with zero attached hydrogens (tertiary/aromatic N) is 1. The molecule has 9 heteroatoms. The van der Waals surface area contributed by atoms with Crippen molar-refractivity contribution in [2.75, 3.05) is 57.2 Å². The lowest BCUT2D eigenvalue weighted by Gasteiger charge is -2.26. The van der Waals surface area contributed by atoms with Gasteiger partial charge in [-0.25, -0.2) is 4.39 Å². The minimum atomic E-state index is -0.573. The van der Waals surface area contributed by atoms with E-state index in [0.717, 1.165) is 31.5 Å². The van der Waals surface area contributed by atoms with Gasteiger partial charge in [0.2, 0.25) is 11.8 Å². The molecule has 0 aliphatic carbocycles. The van der Waals surface area contributed by atoms with Crippen molar-refractivity contribution in [1.29, 1.82) is 0 Å². The van der Waals surface area contributed by atoms with Crippen LogP contribution in [0.3, 0.4) is 0 Å². The fraction of sp³-hybridized carbons (Fsp3) is 0.407. The van der Waals surface area contributed by atoms with E-state index < -0.39 is 11.7 Å². The molecule has 1 heterocycles. The van der Waals surface area contributed by atoms with E-state index in [4.69, 9.17) is 14.2 Å². The second-order valence-electron chi connectivity index (χ2n) is 8.38. The van der Waals surface area contributed by atoms with E-state index in [1.165, 1.54) is 24.3 Å². The quantitative estimate of drug-likeness (QED) is 0.334. The van der Waals surface area contributed by atoms with Gasteiger partial charge in [0.1, 0.15) is 5.82 Å². The van der Waals surface area contributed by atoms with Crippen molar-refractivity contribution in [1.82, 2.24) is 4.90 Å². The third-order valence-electron chi connectivity index (χ3n) is 5.64. The van der Waals surface area contributed by atoms with E-state index in [9.17, 15) is 14.0 Å². The van der Waals surface area contributed by atoms with Crippen molar-refractivity contribution in [3.8, 4) is 11.5 Å².